The fraction of sp³-hybridized carbons (Fsp3) is 0.111. The fourth-order valence-electron chi connectivity index (χ4n) is 2.34. The molecule has 0 bridgehead atoms. The molecule has 3 aromatic rings. The molecule has 0 saturated carbocycles. The number of hydrogen-bond donors (Lipinski definition) is 0. The molecular formula is C18H15BrClN3O. The zero-order valence-electron chi connectivity index (χ0n) is 13.0. The van der Waals surface area contributed by atoms with Gasteiger partial charge in [0, 0.05) is 29.3 Å². The quantitative estimate of drug-likeness (QED) is 0.639. The molecule has 24 heavy (non-hydrogen) atoms. The molecule has 0 fully saturated rings. The van der Waals surface area contributed by atoms with Crippen molar-refractivity contribution in [3.8, 4) is 5.69 Å². The summed E-state index contributed by atoms with van der Waals surface area (Å²) in [5.74, 6) is -0.0988. The first kappa shape index (κ1) is 16.7. The Labute approximate surface area is 153 Å². The van der Waals surface area contributed by atoms with Gasteiger partial charge in [0.15, 0.2) is 0 Å². The molecule has 0 spiro atoms. The van der Waals surface area contributed by atoms with Gasteiger partial charge in [-0.25, -0.2) is 4.68 Å². The van der Waals surface area contributed by atoms with Gasteiger partial charge in [0.2, 0.25) is 0 Å². The van der Waals surface area contributed by atoms with Crippen LogP contribution in [0.4, 0.5) is 0 Å². The van der Waals surface area contributed by atoms with Crippen LogP contribution in [0.3, 0.4) is 0 Å². The maximum Gasteiger partial charge on any atom is 0.257 e. The fourth-order valence-corrected chi connectivity index (χ4v) is 2.80. The normalized spacial score (nSPS) is 10.6. The summed E-state index contributed by atoms with van der Waals surface area (Å²) in [6, 6.07) is 15.2. The Morgan fingerprint density at radius 3 is 2.62 bits per heavy atom. The molecule has 0 atom stereocenters. The van der Waals surface area contributed by atoms with E-state index in [4.69, 9.17) is 11.6 Å². The van der Waals surface area contributed by atoms with Gasteiger partial charge in [-0.05, 0) is 35.9 Å². The summed E-state index contributed by atoms with van der Waals surface area (Å²) in [7, 11) is 1.75. The Morgan fingerprint density at radius 2 is 1.92 bits per heavy atom. The number of hydrogen-bond acceptors (Lipinski definition) is 2. The standard InChI is InChI=1S/C18H15BrClN3O/c1-22(11-13-4-2-3-5-17(13)20)18(24)14-10-21-23(12-14)16-8-6-15(19)7-9-16/h2-10,12H,11H2,1H3. The van der Waals surface area contributed by atoms with E-state index in [-0.39, 0.29) is 5.91 Å². The number of amides is 1. The lowest BCUT2D eigenvalue weighted by Crippen LogP contribution is -2.26. The van der Waals surface area contributed by atoms with Crippen LogP contribution in [0.2, 0.25) is 5.02 Å². The third-order valence-electron chi connectivity index (χ3n) is 3.63. The number of carbonyl (C=O) groups excluding carboxylic acids is 1. The summed E-state index contributed by atoms with van der Waals surface area (Å²) in [5.41, 5.74) is 2.34. The summed E-state index contributed by atoms with van der Waals surface area (Å²) in [5, 5.41) is 4.93. The van der Waals surface area contributed by atoms with Crippen LogP contribution >= 0.6 is 27.5 Å². The zero-order chi connectivity index (χ0) is 17.1. The molecule has 0 aliphatic rings. The van der Waals surface area contributed by atoms with Crippen molar-refractivity contribution in [2.45, 2.75) is 6.54 Å². The number of carbonyl (C=O) groups is 1. The molecule has 4 nitrogen and oxygen atoms in total. The van der Waals surface area contributed by atoms with E-state index in [1.54, 1.807) is 29.0 Å². The van der Waals surface area contributed by atoms with Crippen LogP contribution in [0.25, 0.3) is 5.69 Å². The minimum Gasteiger partial charge on any atom is -0.337 e. The van der Waals surface area contributed by atoms with Gasteiger partial charge in [0.05, 0.1) is 17.4 Å². The molecule has 1 amide bonds. The second-order valence-electron chi connectivity index (χ2n) is 5.40. The molecule has 0 unspecified atom stereocenters. The van der Waals surface area contributed by atoms with Crippen molar-refractivity contribution in [1.82, 2.24) is 14.7 Å². The lowest BCUT2D eigenvalue weighted by molar-refractivity contribution is 0.0785. The molecule has 122 valence electrons. The smallest absolute Gasteiger partial charge is 0.257 e. The van der Waals surface area contributed by atoms with Gasteiger partial charge in [-0.15, -0.1) is 0 Å². The summed E-state index contributed by atoms with van der Waals surface area (Å²) < 4.78 is 2.68. The van der Waals surface area contributed by atoms with Gasteiger partial charge in [0.25, 0.3) is 5.91 Å². The monoisotopic (exact) mass is 403 g/mol. The van der Waals surface area contributed by atoms with Crippen molar-refractivity contribution < 1.29 is 4.79 Å². The SMILES string of the molecule is CN(Cc1ccccc1Cl)C(=O)c1cnn(-c2ccc(Br)cc2)c1. The maximum atomic E-state index is 12.6. The molecule has 0 aliphatic carbocycles. The van der Waals surface area contributed by atoms with E-state index in [0.717, 1.165) is 15.7 Å². The summed E-state index contributed by atoms with van der Waals surface area (Å²) >= 11 is 9.56. The summed E-state index contributed by atoms with van der Waals surface area (Å²) in [6.45, 7) is 0.446. The highest BCUT2D eigenvalue weighted by atomic mass is 79.9. The average Bonchev–Trinajstić information content (AvgIpc) is 3.07. The van der Waals surface area contributed by atoms with Crippen LogP contribution < -0.4 is 0 Å². The molecular weight excluding hydrogens is 390 g/mol. The van der Waals surface area contributed by atoms with E-state index in [9.17, 15) is 4.79 Å². The zero-order valence-corrected chi connectivity index (χ0v) is 15.3. The first-order chi connectivity index (χ1) is 11.5. The van der Waals surface area contributed by atoms with Crippen LogP contribution in [0.5, 0.6) is 0 Å². The van der Waals surface area contributed by atoms with Crippen molar-refractivity contribution in [2.75, 3.05) is 7.05 Å². The van der Waals surface area contributed by atoms with Gasteiger partial charge in [-0.3, -0.25) is 4.79 Å². The van der Waals surface area contributed by atoms with E-state index in [2.05, 4.69) is 21.0 Å². The van der Waals surface area contributed by atoms with Gasteiger partial charge in [0.1, 0.15) is 0 Å². The molecule has 6 heteroatoms. The second-order valence-corrected chi connectivity index (χ2v) is 6.73. The Kier molecular flexibility index (Phi) is 5.02. The maximum absolute atomic E-state index is 12.6. The van der Waals surface area contributed by atoms with E-state index in [1.165, 1.54) is 0 Å². The predicted molar refractivity (Wildman–Crippen MR) is 98.5 cm³/mol. The minimum atomic E-state index is -0.0988. The van der Waals surface area contributed by atoms with Crippen LogP contribution in [-0.4, -0.2) is 27.6 Å². The second kappa shape index (κ2) is 7.20. The van der Waals surface area contributed by atoms with Crippen LogP contribution in [0, 0.1) is 0 Å². The summed E-state index contributed by atoms with van der Waals surface area (Å²) in [4.78, 5) is 14.2. The Balaban J connectivity index is 1.75. The van der Waals surface area contributed by atoms with Crippen LogP contribution in [0.15, 0.2) is 65.4 Å². The highest BCUT2D eigenvalue weighted by molar-refractivity contribution is 9.10. The largest absolute Gasteiger partial charge is 0.337 e. The van der Waals surface area contributed by atoms with E-state index >= 15 is 0 Å². The number of halogens is 2. The van der Waals surface area contributed by atoms with Crippen molar-refractivity contribution in [2.24, 2.45) is 0 Å². The molecule has 1 heterocycles. The lowest BCUT2D eigenvalue weighted by Gasteiger charge is -2.17. The van der Waals surface area contributed by atoms with Crippen molar-refractivity contribution in [3.05, 3.63) is 81.5 Å². The van der Waals surface area contributed by atoms with E-state index < -0.39 is 0 Å². The molecule has 3 rings (SSSR count). The molecule has 0 radical (unpaired) electrons. The molecule has 2 aromatic carbocycles. The predicted octanol–water partition coefficient (Wildman–Crippen LogP) is 4.56. The van der Waals surface area contributed by atoms with Crippen molar-refractivity contribution >= 4 is 33.4 Å². The minimum absolute atomic E-state index is 0.0988. The third kappa shape index (κ3) is 3.68. The third-order valence-corrected chi connectivity index (χ3v) is 4.53. The highest BCUT2D eigenvalue weighted by Crippen LogP contribution is 2.18. The topological polar surface area (TPSA) is 38.1 Å². The number of rotatable bonds is 4. The Hall–Kier alpha value is -2.11. The average molecular weight is 405 g/mol. The van der Waals surface area contributed by atoms with Gasteiger partial charge < -0.3 is 4.90 Å². The number of benzene rings is 2. The molecule has 1 aromatic heterocycles. The number of nitrogens with zero attached hydrogens (tertiary/aromatic N) is 3. The Morgan fingerprint density at radius 1 is 1.21 bits per heavy atom. The molecule has 0 N–H and O–H groups in total. The lowest BCUT2D eigenvalue weighted by atomic mass is 10.2. The van der Waals surface area contributed by atoms with Gasteiger partial charge in [-0.2, -0.15) is 5.10 Å². The van der Waals surface area contributed by atoms with E-state index in [0.29, 0.717) is 17.1 Å². The van der Waals surface area contributed by atoms with Crippen molar-refractivity contribution in [1.29, 1.82) is 0 Å². The van der Waals surface area contributed by atoms with E-state index in [1.807, 2.05) is 48.5 Å². The number of aromatic nitrogens is 2. The molecule has 0 saturated heterocycles. The van der Waals surface area contributed by atoms with Gasteiger partial charge in [-0.1, -0.05) is 45.7 Å². The Bertz CT molecular complexity index is 861. The van der Waals surface area contributed by atoms with Crippen LogP contribution in [-0.2, 0) is 6.54 Å². The van der Waals surface area contributed by atoms with Gasteiger partial charge >= 0.3 is 0 Å². The first-order valence-corrected chi connectivity index (χ1v) is 8.51. The highest BCUT2D eigenvalue weighted by Gasteiger charge is 2.15. The molecule has 0 aliphatic heterocycles. The van der Waals surface area contributed by atoms with Crippen LogP contribution in [0.1, 0.15) is 15.9 Å². The first-order valence-electron chi connectivity index (χ1n) is 7.34. The van der Waals surface area contributed by atoms with Crippen molar-refractivity contribution in [3.63, 3.8) is 0 Å². The summed E-state index contributed by atoms with van der Waals surface area (Å²) in [6.07, 6.45) is 3.31.